The van der Waals surface area contributed by atoms with E-state index in [2.05, 4.69) is 15.4 Å². The number of amides is 1. The highest BCUT2D eigenvalue weighted by molar-refractivity contribution is 6.30. The smallest absolute Gasteiger partial charge is 0.244 e. The van der Waals surface area contributed by atoms with Crippen molar-refractivity contribution in [2.75, 3.05) is 0 Å². The van der Waals surface area contributed by atoms with Gasteiger partial charge in [-0.3, -0.25) is 4.79 Å². The first kappa shape index (κ1) is 16.2. The van der Waals surface area contributed by atoms with E-state index < -0.39 is 6.04 Å². The van der Waals surface area contributed by atoms with E-state index >= 15 is 0 Å². The molecule has 1 aromatic heterocycles. The van der Waals surface area contributed by atoms with Crippen LogP contribution in [0.15, 0.2) is 61.2 Å². The van der Waals surface area contributed by atoms with Crippen molar-refractivity contribution in [2.24, 2.45) is 0 Å². The van der Waals surface area contributed by atoms with Crippen LogP contribution in [0.5, 0.6) is 0 Å². The van der Waals surface area contributed by atoms with E-state index in [4.69, 9.17) is 11.6 Å². The predicted octanol–water partition coefficient (Wildman–Crippen LogP) is 3.48. The maximum Gasteiger partial charge on any atom is 0.244 e. The van der Waals surface area contributed by atoms with Crippen LogP contribution in [0, 0.1) is 0 Å². The Balaban J connectivity index is 1.74. The van der Waals surface area contributed by atoms with Crippen molar-refractivity contribution >= 4 is 17.5 Å². The van der Waals surface area contributed by atoms with Crippen molar-refractivity contribution in [1.29, 1.82) is 0 Å². The molecule has 1 atom stereocenters. The van der Waals surface area contributed by atoms with Crippen LogP contribution in [0.4, 0.5) is 0 Å². The monoisotopic (exact) mass is 340 g/mol. The van der Waals surface area contributed by atoms with Crippen molar-refractivity contribution in [3.05, 3.63) is 71.8 Å². The highest BCUT2D eigenvalue weighted by Gasteiger charge is 2.15. The Kier molecular flexibility index (Phi) is 4.91. The van der Waals surface area contributed by atoms with E-state index in [9.17, 15) is 4.79 Å². The van der Waals surface area contributed by atoms with E-state index in [1.54, 1.807) is 6.92 Å². The van der Waals surface area contributed by atoms with Gasteiger partial charge in [0.15, 0.2) is 0 Å². The molecule has 0 bridgehead atoms. The molecule has 2 aromatic carbocycles. The minimum Gasteiger partial charge on any atom is -0.350 e. The Hall–Kier alpha value is -2.66. The molecule has 5 nitrogen and oxygen atoms in total. The molecule has 0 aliphatic rings. The Bertz CT molecular complexity index is 815. The van der Waals surface area contributed by atoms with Gasteiger partial charge in [-0.15, -0.1) is 0 Å². The van der Waals surface area contributed by atoms with Gasteiger partial charge in [-0.05, 0) is 35.7 Å². The molecule has 1 N–H and O–H groups in total. The van der Waals surface area contributed by atoms with Gasteiger partial charge in [0.1, 0.15) is 18.7 Å². The van der Waals surface area contributed by atoms with Crippen LogP contribution >= 0.6 is 11.6 Å². The summed E-state index contributed by atoms with van der Waals surface area (Å²) >= 11 is 5.95. The fourth-order valence-corrected chi connectivity index (χ4v) is 2.58. The summed E-state index contributed by atoms with van der Waals surface area (Å²) in [5.74, 6) is -0.105. The molecular formula is C18H17ClN4O. The fourth-order valence-electron chi connectivity index (χ4n) is 2.45. The zero-order valence-corrected chi connectivity index (χ0v) is 13.9. The van der Waals surface area contributed by atoms with Crippen LogP contribution in [0.2, 0.25) is 5.02 Å². The second-order valence-corrected chi connectivity index (χ2v) is 5.87. The van der Waals surface area contributed by atoms with Gasteiger partial charge >= 0.3 is 0 Å². The topological polar surface area (TPSA) is 59.8 Å². The van der Waals surface area contributed by atoms with Crippen LogP contribution in [-0.2, 0) is 11.3 Å². The molecule has 3 rings (SSSR count). The maximum absolute atomic E-state index is 12.3. The maximum atomic E-state index is 12.3. The molecule has 0 aliphatic carbocycles. The molecule has 0 spiro atoms. The SMILES string of the molecule is CC(C(=O)NCc1ccccc1-c1ccc(Cl)cc1)n1cncn1. The molecule has 24 heavy (non-hydrogen) atoms. The number of carbonyl (C=O) groups is 1. The molecule has 6 heteroatoms. The lowest BCUT2D eigenvalue weighted by atomic mass is 10.00. The average molecular weight is 341 g/mol. The summed E-state index contributed by atoms with van der Waals surface area (Å²) in [6.07, 6.45) is 2.95. The summed E-state index contributed by atoms with van der Waals surface area (Å²) < 4.78 is 1.53. The minimum atomic E-state index is -0.407. The van der Waals surface area contributed by atoms with E-state index in [1.807, 2.05) is 48.5 Å². The van der Waals surface area contributed by atoms with Gasteiger partial charge in [-0.2, -0.15) is 5.10 Å². The van der Waals surface area contributed by atoms with Gasteiger partial charge in [0.05, 0.1) is 0 Å². The van der Waals surface area contributed by atoms with E-state index in [-0.39, 0.29) is 5.91 Å². The van der Waals surface area contributed by atoms with Crippen LogP contribution in [0.3, 0.4) is 0 Å². The molecule has 0 saturated heterocycles. The number of rotatable bonds is 5. The molecule has 122 valence electrons. The van der Waals surface area contributed by atoms with Crippen LogP contribution in [0.25, 0.3) is 11.1 Å². The quantitative estimate of drug-likeness (QED) is 0.773. The number of hydrogen-bond acceptors (Lipinski definition) is 3. The van der Waals surface area contributed by atoms with Crippen molar-refractivity contribution in [2.45, 2.75) is 19.5 Å². The first-order chi connectivity index (χ1) is 11.6. The number of carbonyl (C=O) groups excluding carboxylic acids is 1. The molecule has 0 radical (unpaired) electrons. The lowest BCUT2D eigenvalue weighted by Gasteiger charge is -2.14. The molecular weight excluding hydrogens is 324 g/mol. The second kappa shape index (κ2) is 7.27. The summed E-state index contributed by atoms with van der Waals surface area (Å²) in [7, 11) is 0. The Morgan fingerprint density at radius 2 is 1.96 bits per heavy atom. The third-order valence-corrected chi connectivity index (χ3v) is 4.09. The zero-order chi connectivity index (χ0) is 16.9. The lowest BCUT2D eigenvalue weighted by molar-refractivity contribution is -0.124. The lowest BCUT2D eigenvalue weighted by Crippen LogP contribution is -2.31. The summed E-state index contributed by atoms with van der Waals surface area (Å²) in [5.41, 5.74) is 3.18. The van der Waals surface area contributed by atoms with Crippen molar-refractivity contribution in [3.8, 4) is 11.1 Å². The largest absolute Gasteiger partial charge is 0.350 e. The number of nitrogens with one attached hydrogen (secondary N) is 1. The number of nitrogens with zero attached hydrogens (tertiary/aromatic N) is 3. The average Bonchev–Trinajstić information content (AvgIpc) is 3.14. The molecule has 0 aliphatic heterocycles. The van der Waals surface area contributed by atoms with Crippen LogP contribution in [-0.4, -0.2) is 20.7 Å². The Morgan fingerprint density at radius 1 is 1.21 bits per heavy atom. The summed E-state index contributed by atoms with van der Waals surface area (Å²) in [4.78, 5) is 16.2. The van der Waals surface area contributed by atoms with Gasteiger partial charge < -0.3 is 5.32 Å². The van der Waals surface area contributed by atoms with Gasteiger partial charge in [0, 0.05) is 11.6 Å². The number of hydrogen-bond donors (Lipinski definition) is 1. The summed E-state index contributed by atoms with van der Waals surface area (Å²) in [5, 5.41) is 7.65. The van der Waals surface area contributed by atoms with Gasteiger partial charge in [0.25, 0.3) is 0 Å². The predicted molar refractivity (Wildman–Crippen MR) is 93.5 cm³/mol. The standard InChI is InChI=1S/C18H17ClN4O/c1-13(23-12-20-11-22-23)18(24)21-10-15-4-2-3-5-17(15)14-6-8-16(19)9-7-14/h2-9,11-13H,10H2,1H3,(H,21,24). The third kappa shape index (κ3) is 3.63. The Morgan fingerprint density at radius 3 is 2.67 bits per heavy atom. The highest BCUT2D eigenvalue weighted by Crippen LogP contribution is 2.25. The molecule has 1 heterocycles. The van der Waals surface area contributed by atoms with E-state index in [0.717, 1.165) is 16.7 Å². The van der Waals surface area contributed by atoms with Gasteiger partial charge in [-0.25, -0.2) is 9.67 Å². The number of aromatic nitrogens is 3. The van der Waals surface area contributed by atoms with Crippen LogP contribution < -0.4 is 5.32 Å². The minimum absolute atomic E-state index is 0.105. The van der Waals surface area contributed by atoms with Gasteiger partial charge in [0.2, 0.25) is 5.91 Å². The van der Waals surface area contributed by atoms with Gasteiger partial charge in [-0.1, -0.05) is 48.0 Å². The summed E-state index contributed by atoms with van der Waals surface area (Å²) in [6, 6.07) is 15.2. The highest BCUT2D eigenvalue weighted by atomic mass is 35.5. The second-order valence-electron chi connectivity index (χ2n) is 5.43. The molecule has 3 aromatic rings. The molecule has 1 unspecified atom stereocenters. The number of halogens is 1. The first-order valence-electron chi connectivity index (χ1n) is 7.61. The molecule has 1 amide bonds. The van der Waals surface area contributed by atoms with Crippen molar-refractivity contribution in [3.63, 3.8) is 0 Å². The molecule has 0 saturated carbocycles. The van der Waals surface area contributed by atoms with Crippen molar-refractivity contribution in [1.82, 2.24) is 20.1 Å². The van der Waals surface area contributed by atoms with E-state index in [1.165, 1.54) is 17.3 Å². The third-order valence-electron chi connectivity index (χ3n) is 3.84. The molecule has 0 fully saturated rings. The van der Waals surface area contributed by atoms with E-state index in [0.29, 0.717) is 11.6 Å². The summed E-state index contributed by atoms with van der Waals surface area (Å²) in [6.45, 7) is 2.23. The first-order valence-corrected chi connectivity index (χ1v) is 7.98. The fraction of sp³-hybridized carbons (Fsp3) is 0.167. The normalized spacial score (nSPS) is 11.9. The van der Waals surface area contributed by atoms with Crippen molar-refractivity contribution < 1.29 is 4.79 Å². The number of benzene rings is 2. The zero-order valence-electron chi connectivity index (χ0n) is 13.2. The van der Waals surface area contributed by atoms with Crippen LogP contribution in [0.1, 0.15) is 18.5 Å². The Labute approximate surface area is 145 Å².